The minimum absolute atomic E-state index is 0.117. The minimum Gasteiger partial charge on any atom is -0.491 e. The summed E-state index contributed by atoms with van der Waals surface area (Å²) in [6, 6.07) is 7.08. The van der Waals surface area contributed by atoms with Gasteiger partial charge in [0.05, 0.1) is 30.6 Å². The molecule has 30 heavy (non-hydrogen) atoms. The molecule has 2 atom stereocenters. The van der Waals surface area contributed by atoms with Gasteiger partial charge < -0.3 is 25.3 Å². The van der Waals surface area contributed by atoms with E-state index in [-0.39, 0.29) is 6.04 Å². The fourth-order valence-electron chi connectivity index (χ4n) is 3.51. The van der Waals surface area contributed by atoms with Crippen LogP contribution in [-0.2, 0) is 16.1 Å². The highest BCUT2D eigenvalue weighted by Gasteiger charge is 2.33. The van der Waals surface area contributed by atoms with Crippen molar-refractivity contribution in [2.24, 2.45) is 5.73 Å². The predicted octanol–water partition coefficient (Wildman–Crippen LogP) is 1.74. The molecule has 1 fully saturated rings. The van der Waals surface area contributed by atoms with E-state index < -0.39 is 11.9 Å². The smallest absolute Gasteiger partial charge is 0.239 e. The first-order valence-electron chi connectivity index (χ1n) is 9.46. The summed E-state index contributed by atoms with van der Waals surface area (Å²) in [6.07, 6.45) is 2.18. The molecule has 1 aromatic heterocycles. The Morgan fingerprint density at radius 3 is 3.10 bits per heavy atom. The van der Waals surface area contributed by atoms with Crippen molar-refractivity contribution in [1.29, 1.82) is 5.26 Å². The lowest BCUT2D eigenvalue weighted by Crippen LogP contribution is -2.32. The van der Waals surface area contributed by atoms with Crippen molar-refractivity contribution in [3.8, 4) is 23.2 Å². The molecule has 2 aliphatic heterocycles. The normalized spacial score (nSPS) is 18.3. The van der Waals surface area contributed by atoms with Crippen LogP contribution in [0.1, 0.15) is 13.3 Å². The number of nitriles is 1. The van der Waals surface area contributed by atoms with E-state index in [0.717, 1.165) is 11.3 Å². The molecule has 4 rings (SSSR count). The maximum Gasteiger partial charge on any atom is 0.239 e. The Bertz CT molecular complexity index is 1080. The standard InChI is InChI=1S/C20H20N6O3S/c1-12(19(22)28)23-13-2-3-15-16(8-13)29-7-6-25-9-17(24-20(15)25)26-14(4-5-21)11-30-18(26)10-27/h2-3,8-9,12,14,23H,4,6-7,11H2,1H3,(H2,22,28)/t12-,14+/m0/s1. The summed E-state index contributed by atoms with van der Waals surface area (Å²) in [7, 11) is 0. The Labute approximate surface area is 177 Å². The Morgan fingerprint density at radius 1 is 1.53 bits per heavy atom. The van der Waals surface area contributed by atoms with E-state index in [2.05, 4.69) is 11.4 Å². The van der Waals surface area contributed by atoms with Gasteiger partial charge in [-0.2, -0.15) is 5.26 Å². The van der Waals surface area contributed by atoms with Crippen LogP contribution in [0.25, 0.3) is 11.4 Å². The summed E-state index contributed by atoms with van der Waals surface area (Å²) in [6.45, 7) is 2.72. The number of benzene rings is 1. The van der Waals surface area contributed by atoms with Crippen LogP contribution in [0.2, 0.25) is 0 Å². The molecule has 0 bridgehead atoms. The first-order chi connectivity index (χ1) is 14.5. The number of hydrogen-bond donors (Lipinski definition) is 2. The van der Waals surface area contributed by atoms with Gasteiger partial charge in [-0.15, -0.1) is 0 Å². The SMILES string of the molecule is C[C@H](Nc1ccc2c(c1)OCCn1cc(N3C(=C=O)SC[C@H]3CC#N)nc1-2)C(N)=O. The maximum absolute atomic E-state index is 11.4. The number of amides is 1. The Balaban J connectivity index is 1.70. The molecule has 0 aliphatic carbocycles. The van der Waals surface area contributed by atoms with Crippen LogP contribution >= 0.6 is 11.8 Å². The van der Waals surface area contributed by atoms with Crippen LogP contribution in [0.5, 0.6) is 5.75 Å². The molecule has 0 radical (unpaired) electrons. The highest BCUT2D eigenvalue weighted by Crippen LogP contribution is 2.40. The van der Waals surface area contributed by atoms with E-state index in [9.17, 15) is 9.59 Å². The summed E-state index contributed by atoms with van der Waals surface area (Å²) in [5.74, 6) is 4.15. The Kier molecular flexibility index (Phi) is 5.40. The summed E-state index contributed by atoms with van der Waals surface area (Å²) in [5, 5.41) is 12.6. The number of carbonyl (C=O) groups excluding carboxylic acids is 2. The summed E-state index contributed by atoms with van der Waals surface area (Å²) in [4.78, 5) is 29.3. The number of fused-ring (bicyclic) bond motifs is 3. The summed E-state index contributed by atoms with van der Waals surface area (Å²) >= 11 is 1.39. The molecule has 9 nitrogen and oxygen atoms in total. The largest absolute Gasteiger partial charge is 0.491 e. The maximum atomic E-state index is 11.4. The van der Waals surface area contributed by atoms with Gasteiger partial charge >= 0.3 is 0 Å². The van der Waals surface area contributed by atoms with E-state index in [4.69, 9.17) is 20.7 Å². The molecule has 0 unspecified atom stereocenters. The van der Waals surface area contributed by atoms with Crippen LogP contribution < -0.4 is 20.7 Å². The third-order valence-corrected chi connectivity index (χ3v) is 6.15. The molecular formula is C20H20N6O3S. The van der Waals surface area contributed by atoms with Gasteiger partial charge in [-0.1, -0.05) is 11.8 Å². The monoisotopic (exact) mass is 424 g/mol. The second kappa shape index (κ2) is 8.14. The van der Waals surface area contributed by atoms with Gasteiger partial charge in [0.25, 0.3) is 0 Å². The van der Waals surface area contributed by atoms with Crippen molar-refractivity contribution >= 4 is 35.1 Å². The minimum atomic E-state index is -0.513. The highest BCUT2D eigenvalue weighted by molar-refractivity contribution is 8.03. The molecule has 2 aliphatic rings. The predicted molar refractivity (Wildman–Crippen MR) is 114 cm³/mol. The van der Waals surface area contributed by atoms with E-state index in [1.54, 1.807) is 11.8 Å². The lowest BCUT2D eigenvalue weighted by atomic mass is 10.1. The molecular weight excluding hydrogens is 404 g/mol. The molecule has 0 saturated carbocycles. The van der Waals surface area contributed by atoms with Crippen molar-refractivity contribution < 1.29 is 14.3 Å². The zero-order valence-corrected chi connectivity index (χ0v) is 17.1. The molecule has 1 saturated heterocycles. The van der Waals surface area contributed by atoms with Gasteiger partial charge in [-0.25, -0.2) is 9.78 Å². The number of primary amides is 1. The topological polar surface area (TPSA) is 126 Å². The highest BCUT2D eigenvalue weighted by atomic mass is 32.2. The van der Waals surface area contributed by atoms with Crippen molar-refractivity contribution in [1.82, 2.24) is 9.55 Å². The number of nitrogens with zero attached hydrogens (tertiary/aromatic N) is 4. The zero-order valence-electron chi connectivity index (χ0n) is 16.3. The van der Waals surface area contributed by atoms with Gasteiger partial charge in [0.15, 0.2) is 16.8 Å². The molecule has 3 heterocycles. The Hall–Kier alpha value is -3.41. The Morgan fingerprint density at radius 2 is 2.37 bits per heavy atom. The number of nitrogens with one attached hydrogen (secondary N) is 1. The second-order valence-electron chi connectivity index (χ2n) is 7.05. The van der Waals surface area contributed by atoms with Gasteiger partial charge in [-0.05, 0) is 19.1 Å². The molecule has 1 aromatic carbocycles. The number of anilines is 2. The van der Waals surface area contributed by atoms with Crippen molar-refractivity contribution in [2.75, 3.05) is 22.6 Å². The fourth-order valence-corrected chi connectivity index (χ4v) is 4.56. The number of aromatic nitrogens is 2. The fraction of sp³-hybridized carbons (Fsp3) is 0.350. The molecule has 154 valence electrons. The van der Waals surface area contributed by atoms with Gasteiger partial charge in [-0.3, -0.25) is 4.79 Å². The third kappa shape index (κ3) is 3.61. The first kappa shape index (κ1) is 19.9. The number of ether oxygens (including phenoxy) is 1. The number of rotatable bonds is 5. The third-order valence-electron chi connectivity index (χ3n) is 5.04. The summed E-state index contributed by atoms with van der Waals surface area (Å²) in [5.41, 5.74) is 6.85. The molecule has 1 amide bonds. The van der Waals surface area contributed by atoms with E-state index >= 15 is 0 Å². The molecule has 0 spiro atoms. The average Bonchev–Trinajstić information content (AvgIpc) is 3.28. The number of hydrogen-bond acceptors (Lipinski definition) is 8. The van der Waals surface area contributed by atoms with Crippen LogP contribution in [0.3, 0.4) is 0 Å². The lowest BCUT2D eigenvalue weighted by Gasteiger charge is -2.20. The first-order valence-corrected chi connectivity index (χ1v) is 10.4. The molecule has 2 aromatic rings. The van der Waals surface area contributed by atoms with Gasteiger partial charge in [0.2, 0.25) is 5.91 Å². The van der Waals surface area contributed by atoms with E-state index in [0.29, 0.717) is 47.7 Å². The van der Waals surface area contributed by atoms with Gasteiger partial charge in [0.1, 0.15) is 24.2 Å². The molecule has 3 N–H and O–H groups in total. The lowest BCUT2D eigenvalue weighted by molar-refractivity contribution is -0.118. The van der Waals surface area contributed by atoms with Crippen LogP contribution in [0.4, 0.5) is 11.5 Å². The number of carbonyl (C=O) groups is 1. The number of nitrogens with two attached hydrogens (primary N) is 1. The zero-order chi connectivity index (χ0) is 21.3. The quantitative estimate of drug-likeness (QED) is 0.695. The van der Waals surface area contributed by atoms with E-state index in [1.807, 2.05) is 34.9 Å². The van der Waals surface area contributed by atoms with Crippen LogP contribution in [0, 0.1) is 11.3 Å². The number of thioether (sulfide) groups is 1. The van der Waals surface area contributed by atoms with Crippen molar-refractivity contribution in [3.05, 3.63) is 29.4 Å². The molecule has 10 heteroatoms. The summed E-state index contributed by atoms with van der Waals surface area (Å²) < 4.78 is 7.88. The number of imidazole rings is 1. The van der Waals surface area contributed by atoms with Crippen molar-refractivity contribution in [2.45, 2.75) is 32.0 Å². The average molecular weight is 424 g/mol. The second-order valence-corrected chi connectivity index (χ2v) is 8.06. The van der Waals surface area contributed by atoms with E-state index in [1.165, 1.54) is 11.8 Å². The van der Waals surface area contributed by atoms with Crippen molar-refractivity contribution in [3.63, 3.8) is 0 Å². The van der Waals surface area contributed by atoms with Gasteiger partial charge in [0, 0.05) is 23.7 Å². The van der Waals surface area contributed by atoms with Crippen LogP contribution in [0.15, 0.2) is 29.4 Å². The van der Waals surface area contributed by atoms with Crippen LogP contribution in [-0.4, -0.2) is 45.8 Å².